The van der Waals surface area contributed by atoms with Crippen LogP contribution in [0.15, 0.2) is 28.7 Å². The monoisotopic (exact) mass is 366 g/mol. The fourth-order valence-electron chi connectivity index (χ4n) is 3.22. The van der Waals surface area contributed by atoms with E-state index in [2.05, 4.69) is 33.1 Å². The summed E-state index contributed by atoms with van der Waals surface area (Å²) in [5.41, 5.74) is 1.05. The molecular formula is C18H27BrN2O. The quantitative estimate of drug-likeness (QED) is 0.745. The minimum atomic E-state index is 0.115. The van der Waals surface area contributed by atoms with E-state index in [0.717, 1.165) is 35.6 Å². The van der Waals surface area contributed by atoms with Crippen LogP contribution < -0.4 is 5.32 Å². The molecule has 1 atom stereocenters. The van der Waals surface area contributed by atoms with Crippen molar-refractivity contribution in [2.75, 3.05) is 19.6 Å². The number of nitrogens with zero attached hydrogens (tertiary/aromatic N) is 1. The molecule has 1 saturated heterocycles. The number of carbonyl (C=O) groups is 1. The van der Waals surface area contributed by atoms with E-state index in [-0.39, 0.29) is 5.91 Å². The van der Waals surface area contributed by atoms with Gasteiger partial charge >= 0.3 is 0 Å². The van der Waals surface area contributed by atoms with Crippen molar-refractivity contribution < 1.29 is 4.79 Å². The standard InChI is InChI=1S/C18H27BrN2O/c1-2-17-9-3-4-11-21(17)12-6-10-20-18(22)14-15-7-5-8-16(19)13-15/h5,7-8,13,17H,2-4,6,9-12,14H2,1H3,(H,20,22). The van der Waals surface area contributed by atoms with Gasteiger partial charge in [0.15, 0.2) is 0 Å². The second-order valence-corrected chi connectivity index (χ2v) is 7.02. The lowest BCUT2D eigenvalue weighted by atomic mass is 10.00. The molecule has 2 rings (SSSR count). The highest BCUT2D eigenvalue weighted by Gasteiger charge is 2.19. The number of halogens is 1. The van der Waals surface area contributed by atoms with Crippen LogP contribution >= 0.6 is 15.9 Å². The maximum atomic E-state index is 12.0. The summed E-state index contributed by atoms with van der Waals surface area (Å²) in [5, 5.41) is 3.04. The third-order valence-electron chi connectivity index (χ3n) is 4.42. The van der Waals surface area contributed by atoms with E-state index in [4.69, 9.17) is 0 Å². The molecule has 1 amide bonds. The Morgan fingerprint density at radius 1 is 1.41 bits per heavy atom. The molecule has 0 radical (unpaired) electrons. The average molecular weight is 367 g/mol. The Hall–Kier alpha value is -0.870. The van der Waals surface area contributed by atoms with Crippen LogP contribution in [0.2, 0.25) is 0 Å². The Morgan fingerprint density at radius 3 is 3.05 bits per heavy atom. The number of amides is 1. The van der Waals surface area contributed by atoms with Crippen molar-refractivity contribution in [2.24, 2.45) is 0 Å². The van der Waals surface area contributed by atoms with Crippen LogP contribution in [0.5, 0.6) is 0 Å². The largest absolute Gasteiger partial charge is 0.356 e. The normalized spacial score (nSPS) is 19.1. The number of benzene rings is 1. The molecule has 3 nitrogen and oxygen atoms in total. The fraction of sp³-hybridized carbons (Fsp3) is 0.611. The van der Waals surface area contributed by atoms with Gasteiger partial charge in [0.05, 0.1) is 6.42 Å². The van der Waals surface area contributed by atoms with Gasteiger partial charge in [-0.25, -0.2) is 0 Å². The van der Waals surface area contributed by atoms with Crippen LogP contribution in [0, 0.1) is 0 Å². The number of piperidine rings is 1. The first-order valence-electron chi connectivity index (χ1n) is 8.44. The predicted molar refractivity (Wildman–Crippen MR) is 95.0 cm³/mol. The molecule has 1 fully saturated rings. The van der Waals surface area contributed by atoms with E-state index in [1.165, 1.54) is 32.2 Å². The maximum Gasteiger partial charge on any atom is 0.224 e. The van der Waals surface area contributed by atoms with Gasteiger partial charge in [0, 0.05) is 23.6 Å². The summed E-state index contributed by atoms with van der Waals surface area (Å²) in [6.07, 6.45) is 6.78. The minimum Gasteiger partial charge on any atom is -0.356 e. The van der Waals surface area contributed by atoms with Gasteiger partial charge in [0.1, 0.15) is 0 Å². The number of carbonyl (C=O) groups excluding carboxylic acids is 1. The third kappa shape index (κ3) is 5.73. The van der Waals surface area contributed by atoms with Crippen LogP contribution in [0.1, 0.15) is 44.6 Å². The molecule has 1 aromatic rings. The van der Waals surface area contributed by atoms with Crippen LogP contribution in [0.4, 0.5) is 0 Å². The summed E-state index contributed by atoms with van der Waals surface area (Å²) < 4.78 is 1.02. The number of nitrogens with one attached hydrogen (secondary N) is 1. The number of likely N-dealkylation sites (tertiary alicyclic amines) is 1. The molecule has 22 heavy (non-hydrogen) atoms. The molecule has 0 spiro atoms. The molecule has 0 bridgehead atoms. The zero-order chi connectivity index (χ0) is 15.8. The number of rotatable bonds is 7. The second kappa shape index (κ2) is 9.31. The molecule has 0 aliphatic carbocycles. The lowest BCUT2D eigenvalue weighted by molar-refractivity contribution is -0.120. The summed E-state index contributed by atoms with van der Waals surface area (Å²) >= 11 is 3.44. The first kappa shape index (κ1) is 17.5. The highest BCUT2D eigenvalue weighted by molar-refractivity contribution is 9.10. The number of hydrogen-bond acceptors (Lipinski definition) is 2. The Labute approximate surface area is 142 Å². The molecule has 4 heteroatoms. The Balaban J connectivity index is 1.64. The van der Waals surface area contributed by atoms with Gasteiger partial charge in [-0.2, -0.15) is 0 Å². The third-order valence-corrected chi connectivity index (χ3v) is 4.91. The van der Waals surface area contributed by atoms with Gasteiger partial charge in [0.2, 0.25) is 5.91 Å². The molecule has 1 aliphatic heterocycles. The van der Waals surface area contributed by atoms with E-state index in [1.807, 2.05) is 24.3 Å². The van der Waals surface area contributed by atoms with Crippen LogP contribution in [0.3, 0.4) is 0 Å². The van der Waals surface area contributed by atoms with E-state index >= 15 is 0 Å². The average Bonchev–Trinajstić information content (AvgIpc) is 2.52. The van der Waals surface area contributed by atoms with E-state index in [1.54, 1.807) is 0 Å². The zero-order valence-electron chi connectivity index (χ0n) is 13.5. The van der Waals surface area contributed by atoms with Crippen molar-refractivity contribution in [3.05, 3.63) is 34.3 Å². The fourth-order valence-corrected chi connectivity index (χ4v) is 3.67. The molecule has 122 valence electrons. The smallest absolute Gasteiger partial charge is 0.224 e. The molecule has 0 saturated carbocycles. The predicted octanol–water partition coefficient (Wildman–Crippen LogP) is 3.76. The summed E-state index contributed by atoms with van der Waals surface area (Å²) in [4.78, 5) is 14.6. The zero-order valence-corrected chi connectivity index (χ0v) is 15.1. The van der Waals surface area contributed by atoms with Gasteiger partial charge in [-0.3, -0.25) is 4.79 Å². The van der Waals surface area contributed by atoms with Gasteiger partial charge in [-0.1, -0.05) is 41.4 Å². The molecule has 1 N–H and O–H groups in total. The van der Waals surface area contributed by atoms with Crippen LogP contribution in [0.25, 0.3) is 0 Å². The Morgan fingerprint density at radius 2 is 2.27 bits per heavy atom. The molecule has 1 unspecified atom stereocenters. The summed E-state index contributed by atoms with van der Waals surface area (Å²) in [7, 11) is 0. The van der Waals surface area contributed by atoms with Crippen molar-refractivity contribution in [1.29, 1.82) is 0 Å². The Kier molecular flexibility index (Phi) is 7.40. The van der Waals surface area contributed by atoms with Gasteiger partial charge in [-0.15, -0.1) is 0 Å². The molecule has 1 heterocycles. The lowest BCUT2D eigenvalue weighted by Gasteiger charge is -2.35. The van der Waals surface area contributed by atoms with Gasteiger partial charge in [-0.05, 0) is 49.9 Å². The molecular weight excluding hydrogens is 340 g/mol. The van der Waals surface area contributed by atoms with Crippen molar-refractivity contribution >= 4 is 21.8 Å². The van der Waals surface area contributed by atoms with E-state index in [9.17, 15) is 4.79 Å². The van der Waals surface area contributed by atoms with Crippen LogP contribution in [-0.2, 0) is 11.2 Å². The van der Waals surface area contributed by atoms with Gasteiger partial charge < -0.3 is 10.2 Å². The van der Waals surface area contributed by atoms with Crippen LogP contribution in [-0.4, -0.2) is 36.5 Å². The van der Waals surface area contributed by atoms with E-state index in [0.29, 0.717) is 6.42 Å². The van der Waals surface area contributed by atoms with Gasteiger partial charge in [0.25, 0.3) is 0 Å². The second-order valence-electron chi connectivity index (χ2n) is 6.10. The highest BCUT2D eigenvalue weighted by atomic mass is 79.9. The minimum absolute atomic E-state index is 0.115. The first-order valence-corrected chi connectivity index (χ1v) is 9.23. The molecule has 0 aromatic heterocycles. The summed E-state index contributed by atoms with van der Waals surface area (Å²) in [5.74, 6) is 0.115. The van der Waals surface area contributed by atoms with Crippen molar-refractivity contribution in [3.63, 3.8) is 0 Å². The van der Waals surface area contributed by atoms with Crippen molar-refractivity contribution in [2.45, 2.75) is 51.5 Å². The maximum absolute atomic E-state index is 12.0. The lowest BCUT2D eigenvalue weighted by Crippen LogP contribution is -2.40. The molecule has 1 aliphatic rings. The summed E-state index contributed by atoms with van der Waals surface area (Å²) in [6, 6.07) is 8.69. The van der Waals surface area contributed by atoms with Crippen molar-refractivity contribution in [1.82, 2.24) is 10.2 Å². The number of hydrogen-bond donors (Lipinski definition) is 1. The van der Waals surface area contributed by atoms with E-state index < -0.39 is 0 Å². The summed E-state index contributed by atoms with van der Waals surface area (Å²) in [6.45, 7) is 5.39. The Bertz CT molecular complexity index is 478. The topological polar surface area (TPSA) is 32.3 Å². The highest BCUT2D eigenvalue weighted by Crippen LogP contribution is 2.19. The molecule has 1 aromatic carbocycles. The van der Waals surface area contributed by atoms with Crippen molar-refractivity contribution in [3.8, 4) is 0 Å². The first-order chi connectivity index (χ1) is 10.7. The SMILES string of the molecule is CCC1CCCCN1CCCNC(=O)Cc1cccc(Br)c1.